The minimum absolute atomic E-state index is 0.0329. The van der Waals surface area contributed by atoms with Gasteiger partial charge in [0.05, 0.1) is 0 Å². The molecule has 6 heteroatoms. The first-order chi connectivity index (χ1) is 13.5. The lowest BCUT2D eigenvalue weighted by molar-refractivity contribution is -0.156. The Morgan fingerprint density at radius 2 is 1.79 bits per heavy atom. The second-order valence-corrected chi connectivity index (χ2v) is 7.32. The third-order valence-corrected chi connectivity index (χ3v) is 5.22. The molecule has 3 rings (SSSR count). The number of benzene rings is 2. The Morgan fingerprint density at radius 3 is 2.50 bits per heavy atom. The van der Waals surface area contributed by atoms with Crippen molar-refractivity contribution in [3.05, 3.63) is 71.3 Å². The second-order valence-electron chi connectivity index (χ2n) is 7.32. The minimum atomic E-state index is -1.53. The number of piperidine rings is 1. The summed E-state index contributed by atoms with van der Waals surface area (Å²) in [6.45, 7) is 1.09. The van der Waals surface area contributed by atoms with Crippen LogP contribution in [0.25, 0.3) is 0 Å². The summed E-state index contributed by atoms with van der Waals surface area (Å²) in [6.07, 6.45) is 2.73. The highest BCUT2D eigenvalue weighted by atomic mass is 19.1. The van der Waals surface area contributed by atoms with Gasteiger partial charge in [0.2, 0.25) is 0 Å². The highest BCUT2D eigenvalue weighted by Crippen LogP contribution is 2.23. The second kappa shape index (κ2) is 9.26. The summed E-state index contributed by atoms with van der Waals surface area (Å²) in [7, 11) is 0. The molecule has 1 atom stereocenters. The number of nitrogens with one attached hydrogen (secondary N) is 1. The van der Waals surface area contributed by atoms with Gasteiger partial charge in [-0.25, -0.2) is 8.78 Å². The summed E-state index contributed by atoms with van der Waals surface area (Å²) in [5.74, 6) is -1.60. The molecule has 1 aliphatic heterocycles. The normalized spacial score (nSPS) is 19.8. The van der Waals surface area contributed by atoms with Crippen LogP contribution in [0.5, 0.6) is 0 Å². The molecule has 1 aliphatic rings. The van der Waals surface area contributed by atoms with E-state index in [-0.39, 0.29) is 24.6 Å². The fraction of sp³-hybridized carbons (Fsp3) is 0.409. The van der Waals surface area contributed by atoms with Gasteiger partial charge in [0.1, 0.15) is 11.6 Å². The van der Waals surface area contributed by atoms with Crippen molar-refractivity contribution in [2.45, 2.75) is 37.8 Å². The molecule has 0 radical (unpaired) electrons. The third kappa shape index (κ3) is 4.94. The molecule has 1 saturated heterocycles. The van der Waals surface area contributed by atoms with Crippen LogP contribution in [-0.4, -0.2) is 41.1 Å². The molecule has 0 spiro atoms. The first-order valence-corrected chi connectivity index (χ1v) is 9.69. The Balaban J connectivity index is 1.51. The standard InChI is InChI=1S/C22H26F2N2O2/c23-19-10-4-11-20(24)18(19)15-25-16-22(28)12-6-14-26(21(22)27)13-5-9-17-7-2-1-3-8-17/h1-4,7-8,10-11,25,28H,5-6,9,12-16H2/t22-/m0/s1. The van der Waals surface area contributed by atoms with Crippen LogP contribution in [0.1, 0.15) is 30.4 Å². The van der Waals surface area contributed by atoms with E-state index in [0.29, 0.717) is 25.9 Å². The number of halogens is 2. The molecule has 4 nitrogen and oxygen atoms in total. The molecule has 28 heavy (non-hydrogen) atoms. The van der Waals surface area contributed by atoms with E-state index in [1.54, 1.807) is 4.90 Å². The van der Waals surface area contributed by atoms with Crippen molar-refractivity contribution in [2.75, 3.05) is 19.6 Å². The number of rotatable bonds is 8. The maximum Gasteiger partial charge on any atom is 0.255 e. The molecule has 0 unspecified atom stereocenters. The number of amides is 1. The number of aliphatic hydroxyl groups is 1. The molecule has 150 valence electrons. The largest absolute Gasteiger partial charge is 0.379 e. The minimum Gasteiger partial charge on any atom is -0.379 e. The van der Waals surface area contributed by atoms with E-state index < -0.39 is 17.2 Å². The van der Waals surface area contributed by atoms with Crippen molar-refractivity contribution in [3.8, 4) is 0 Å². The number of hydrogen-bond acceptors (Lipinski definition) is 3. The number of aryl methyl sites for hydroxylation is 1. The van der Waals surface area contributed by atoms with Gasteiger partial charge in [-0.15, -0.1) is 0 Å². The molecule has 1 fully saturated rings. The van der Waals surface area contributed by atoms with E-state index >= 15 is 0 Å². The van der Waals surface area contributed by atoms with E-state index in [9.17, 15) is 18.7 Å². The molecule has 2 N–H and O–H groups in total. The van der Waals surface area contributed by atoms with Crippen molar-refractivity contribution < 1.29 is 18.7 Å². The summed E-state index contributed by atoms with van der Waals surface area (Å²) in [5, 5.41) is 13.7. The lowest BCUT2D eigenvalue weighted by Crippen LogP contribution is -2.58. The molecule has 1 amide bonds. The Hall–Kier alpha value is -2.31. The third-order valence-electron chi connectivity index (χ3n) is 5.22. The molecule has 2 aromatic rings. The molecule has 1 heterocycles. The fourth-order valence-corrected chi connectivity index (χ4v) is 3.66. The molecule has 2 aromatic carbocycles. The number of carbonyl (C=O) groups is 1. The monoisotopic (exact) mass is 388 g/mol. The first-order valence-electron chi connectivity index (χ1n) is 9.69. The van der Waals surface area contributed by atoms with Gasteiger partial charge in [-0.3, -0.25) is 4.79 Å². The smallest absolute Gasteiger partial charge is 0.255 e. The van der Waals surface area contributed by atoms with Gasteiger partial charge in [-0.05, 0) is 43.4 Å². The van der Waals surface area contributed by atoms with Gasteiger partial charge >= 0.3 is 0 Å². The van der Waals surface area contributed by atoms with Gasteiger partial charge in [0, 0.05) is 31.7 Å². The SMILES string of the molecule is O=C1N(CCCc2ccccc2)CCC[C@]1(O)CNCc1c(F)cccc1F. The van der Waals surface area contributed by atoms with Crippen LogP contribution in [0.15, 0.2) is 48.5 Å². The van der Waals surface area contributed by atoms with Gasteiger partial charge < -0.3 is 15.3 Å². The lowest BCUT2D eigenvalue weighted by Gasteiger charge is -2.38. The van der Waals surface area contributed by atoms with Crippen LogP contribution in [0.3, 0.4) is 0 Å². The topological polar surface area (TPSA) is 52.6 Å². The molecular weight excluding hydrogens is 362 g/mol. The summed E-state index contributed by atoms with van der Waals surface area (Å²) in [5.41, 5.74) is -0.405. The average molecular weight is 388 g/mol. The van der Waals surface area contributed by atoms with Gasteiger partial charge in [-0.1, -0.05) is 36.4 Å². The fourth-order valence-electron chi connectivity index (χ4n) is 3.66. The van der Waals surface area contributed by atoms with Crippen molar-refractivity contribution >= 4 is 5.91 Å². The van der Waals surface area contributed by atoms with E-state index in [4.69, 9.17) is 0 Å². The predicted molar refractivity (Wildman–Crippen MR) is 104 cm³/mol. The zero-order chi connectivity index (χ0) is 20.0. The van der Waals surface area contributed by atoms with Crippen LogP contribution in [0.2, 0.25) is 0 Å². The Kier molecular flexibility index (Phi) is 6.75. The maximum absolute atomic E-state index is 13.7. The van der Waals surface area contributed by atoms with Crippen molar-refractivity contribution in [1.29, 1.82) is 0 Å². The zero-order valence-corrected chi connectivity index (χ0v) is 15.8. The van der Waals surface area contributed by atoms with Crippen LogP contribution in [0.4, 0.5) is 8.78 Å². The van der Waals surface area contributed by atoms with Gasteiger partial charge in [-0.2, -0.15) is 0 Å². The zero-order valence-electron chi connectivity index (χ0n) is 15.8. The van der Waals surface area contributed by atoms with Gasteiger partial charge in [0.15, 0.2) is 5.60 Å². The van der Waals surface area contributed by atoms with E-state index in [1.165, 1.54) is 23.8 Å². The predicted octanol–water partition coefficient (Wildman–Crippen LogP) is 3.04. The van der Waals surface area contributed by atoms with E-state index in [0.717, 1.165) is 12.8 Å². The molecule has 0 bridgehead atoms. The highest BCUT2D eigenvalue weighted by molar-refractivity contribution is 5.86. The Labute approximate surface area is 164 Å². The number of likely N-dealkylation sites (tertiary alicyclic amines) is 1. The van der Waals surface area contributed by atoms with Crippen LogP contribution in [-0.2, 0) is 17.8 Å². The van der Waals surface area contributed by atoms with Crippen molar-refractivity contribution in [3.63, 3.8) is 0 Å². The summed E-state index contributed by atoms with van der Waals surface area (Å²) >= 11 is 0. The average Bonchev–Trinajstić information content (AvgIpc) is 2.68. The number of nitrogens with zero attached hydrogens (tertiary/aromatic N) is 1. The Bertz CT molecular complexity index is 780. The van der Waals surface area contributed by atoms with Crippen molar-refractivity contribution in [2.24, 2.45) is 0 Å². The number of carbonyl (C=O) groups excluding carboxylic acids is 1. The highest BCUT2D eigenvalue weighted by Gasteiger charge is 2.41. The van der Waals surface area contributed by atoms with E-state index in [2.05, 4.69) is 17.4 Å². The van der Waals surface area contributed by atoms with E-state index in [1.807, 2.05) is 18.2 Å². The van der Waals surface area contributed by atoms with Crippen LogP contribution in [0, 0.1) is 11.6 Å². The summed E-state index contributed by atoms with van der Waals surface area (Å²) in [4.78, 5) is 14.4. The molecular formula is C22H26F2N2O2. The molecule has 0 saturated carbocycles. The summed E-state index contributed by atoms with van der Waals surface area (Å²) in [6, 6.07) is 13.7. The van der Waals surface area contributed by atoms with Crippen molar-refractivity contribution in [1.82, 2.24) is 10.2 Å². The molecule has 0 aliphatic carbocycles. The van der Waals surface area contributed by atoms with Gasteiger partial charge in [0.25, 0.3) is 5.91 Å². The maximum atomic E-state index is 13.7. The van der Waals surface area contributed by atoms with Crippen LogP contribution >= 0.6 is 0 Å². The molecule has 0 aromatic heterocycles. The quantitative estimate of drug-likeness (QED) is 0.731. The summed E-state index contributed by atoms with van der Waals surface area (Å²) < 4.78 is 27.4. The number of hydrogen-bond donors (Lipinski definition) is 2. The Morgan fingerprint density at radius 1 is 1.07 bits per heavy atom. The first kappa shape index (κ1) is 20.4. The van der Waals surface area contributed by atoms with Crippen LogP contribution < -0.4 is 5.32 Å². The lowest BCUT2D eigenvalue weighted by atomic mass is 9.91.